The van der Waals surface area contributed by atoms with Gasteiger partial charge in [0.15, 0.2) is 0 Å². The second kappa shape index (κ2) is 10.0. The Labute approximate surface area is 185 Å². The number of sulfonamides is 1. The van der Waals surface area contributed by atoms with E-state index in [1.165, 1.54) is 10.6 Å². The molecule has 0 N–H and O–H groups in total. The molecule has 0 radical (unpaired) electrons. The number of anilines is 2. The van der Waals surface area contributed by atoms with Crippen molar-refractivity contribution in [3.05, 3.63) is 54.1 Å². The quantitative estimate of drug-likeness (QED) is 0.625. The number of carbonyl (C=O) groups is 1. The van der Waals surface area contributed by atoms with Gasteiger partial charge in [-0.15, -0.1) is 0 Å². The van der Waals surface area contributed by atoms with Gasteiger partial charge in [0.05, 0.1) is 24.7 Å². The predicted molar refractivity (Wildman–Crippen MR) is 124 cm³/mol. The molecule has 1 fully saturated rings. The standard InChI is InChI=1S/C23H31N3O4S/c1-19-9-4-5-10-20(19)26(31(3,28)29)14-8-13-23(27)25-17-15-24(16-18-25)21-11-6-7-12-22(21)30-2/h4-7,9-12H,8,13-18H2,1-3H3. The maximum atomic E-state index is 12.7. The van der Waals surface area contributed by atoms with Crippen molar-refractivity contribution >= 4 is 27.3 Å². The highest BCUT2D eigenvalue weighted by Gasteiger charge is 2.24. The third kappa shape index (κ3) is 5.70. The van der Waals surface area contributed by atoms with Crippen molar-refractivity contribution in [1.29, 1.82) is 0 Å². The predicted octanol–water partition coefficient (Wildman–Crippen LogP) is 2.90. The summed E-state index contributed by atoms with van der Waals surface area (Å²) in [5, 5.41) is 0. The molecule has 7 nitrogen and oxygen atoms in total. The average molecular weight is 446 g/mol. The molecule has 8 heteroatoms. The lowest BCUT2D eigenvalue weighted by Gasteiger charge is -2.36. The van der Waals surface area contributed by atoms with Crippen molar-refractivity contribution in [2.24, 2.45) is 0 Å². The largest absolute Gasteiger partial charge is 0.495 e. The van der Waals surface area contributed by atoms with Crippen molar-refractivity contribution in [3.63, 3.8) is 0 Å². The number of aryl methyl sites for hydroxylation is 1. The van der Waals surface area contributed by atoms with Gasteiger partial charge in [-0.05, 0) is 37.1 Å². The molecule has 168 valence electrons. The van der Waals surface area contributed by atoms with Gasteiger partial charge in [0.2, 0.25) is 15.9 Å². The first-order valence-corrected chi connectivity index (χ1v) is 12.3. The lowest BCUT2D eigenvalue weighted by Crippen LogP contribution is -2.49. The number of carbonyl (C=O) groups excluding carboxylic acids is 1. The van der Waals surface area contributed by atoms with E-state index in [4.69, 9.17) is 4.74 Å². The van der Waals surface area contributed by atoms with E-state index in [0.29, 0.717) is 31.6 Å². The number of ether oxygens (including phenoxy) is 1. The van der Waals surface area contributed by atoms with Crippen LogP contribution in [0.15, 0.2) is 48.5 Å². The summed E-state index contributed by atoms with van der Waals surface area (Å²) in [6, 6.07) is 15.3. The number of hydrogen-bond donors (Lipinski definition) is 0. The number of hydrogen-bond acceptors (Lipinski definition) is 5. The molecule has 0 aliphatic carbocycles. The van der Waals surface area contributed by atoms with Crippen LogP contribution in [0.2, 0.25) is 0 Å². The molecule has 0 bridgehead atoms. The number of nitrogens with zero attached hydrogens (tertiary/aromatic N) is 3. The molecule has 2 aromatic carbocycles. The van der Waals surface area contributed by atoms with Gasteiger partial charge in [-0.2, -0.15) is 0 Å². The second-order valence-corrected chi connectivity index (χ2v) is 9.67. The zero-order valence-corrected chi connectivity index (χ0v) is 19.3. The third-order valence-electron chi connectivity index (χ3n) is 5.59. The van der Waals surface area contributed by atoms with Crippen LogP contribution < -0.4 is 13.9 Å². The van der Waals surface area contributed by atoms with Gasteiger partial charge in [0, 0.05) is 39.1 Å². The van der Waals surface area contributed by atoms with Gasteiger partial charge in [-0.1, -0.05) is 30.3 Å². The summed E-state index contributed by atoms with van der Waals surface area (Å²) >= 11 is 0. The van der Waals surface area contributed by atoms with Crippen LogP contribution in [0.1, 0.15) is 18.4 Å². The third-order valence-corrected chi connectivity index (χ3v) is 6.77. The van der Waals surface area contributed by atoms with Crippen LogP contribution in [0.4, 0.5) is 11.4 Å². The minimum absolute atomic E-state index is 0.0675. The highest BCUT2D eigenvalue weighted by atomic mass is 32.2. The van der Waals surface area contributed by atoms with Crippen LogP contribution in [0.5, 0.6) is 5.75 Å². The molecule has 1 saturated heterocycles. The van der Waals surface area contributed by atoms with Gasteiger partial charge < -0.3 is 14.5 Å². The minimum Gasteiger partial charge on any atom is -0.495 e. The summed E-state index contributed by atoms with van der Waals surface area (Å²) in [5.74, 6) is 0.900. The highest BCUT2D eigenvalue weighted by Crippen LogP contribution is 2.28. The van der Waals surface area contributed by atoms with E-state index in [9.17, 15) is 13.2 Å². The fourth-order valence-corrected chi connectivity index (χ4v) is 4.95. The van der Waals surface area contributed by atoms with E-state index < -0.39 is 10.0 Å². The van der Waals surface area contributed by atoms with Crippen LogP contribution in [-0.2, 0) is 14.8 Å². The lowest BCUT2D eigenvalue weighted by atomic mass is 10.2. The van der Waals surface area contributed by atoms with Crippen molar-refractivity contribution in [1.82, 2.24) is 4.90 Å². The molecule has 3 rings (SSSR count). The van der Waals surface area contributed by atoms with Crippen molar-refractivity contribution in [3.8, 4) is 5.75 Å². The Hall–Kier alpha value is -2.74. The fourth-order valence-electron chi connectivity index (χ4n) is 3.93. The van der Waals surface area contributed by atoms with E-state index in [-0.39, 0.29) is 12.5 Å². The summed E-state index contributed by atoms with van der Waals surface area (Å²) in [7, 11) is -1.76. The molecule has 0 saturated carbocycles. The maximum absolute atomic E-state index is 12.7. The lowest BCUT2D eigenvalue weighted by molar-refractivity contribution is -0.131. The van der Waals surface area contributed by atoms with Crippen LogP contribution in [-0.4, -0.2) is 65.3 Å². The van der Waals surface area contributed by atoms with Gasteiger partial charge in [-0.3, -0.25) is 9.10 Å². The molecule has 31 heavy (non-hydrogen) atoms. The monoisotopic (exact) mass is 445 g/mol. The molecule has 1 aliphatic heterocycles. The SMILES string of the molecule is COc1ccccc1N1CCN(C(=O)CCCN(c2ccccc2C)S(C)(=O)=O)CC1. The van der Waals surface area contributed by atoms with E-state index in [2.05, 4.69) is 4.90 Å². The number of piperazine rings is 1. The molecule has 0 atom stereocenters. The van der Waals surface area contributed by atoms with E-state index in [1.54, 1.807) is 13.2 Å². The van der Waals surface area contributed by atoms with Gasteiger partial charge in [-0.25, -0.2) is 8.42 Å². The Balaban J connectivity index is 1.54. The zero-order valence-electron chi connectivity index (χ0n) is 18.5. The van der Waals surface area contributed by atoms with E-state index >= 15 is 0 Å². The van der Waals surface area contributed by atoms with Crippen LogP contribution in [0.25, 0.3) is 0 Å². The van der Waals surface area contributed by atoms with Gasteiger partial charge >= 0.3 is 0 Å². The first-order valence-electron chi connectivity index (χ1n) is 10.5. The molecule has 0 unspecified atom stereocenters. The van der Waals surface area contributed by atoms with Crippen LogP contribution in [0.3, 0.4) is 0 Å². The van der Waals surface area contributed by atoms with Crippen molar-refractivity contribution in [2.45, 2.75) is 19.8 Å². The summed E-state index contributed by atoms with van der Waals surface area (Å²) in [5.41, 5.74) is 2.61. The zero-order chi connectivity index (χ0) is 22.4. The molecule has 0 spiro atoms. The second-order valence-electron chi connectivity index (χ2n) is 7.76. The molecule has 2 aromatic rings. The summed E-state index contributed by atoms with van der Waals surface area (Å²) in [6.07, 6.45) is 2.01. The normalized spacial score (nSPS) is 14.4. The molecule has 1 aliphatic rings. The van der Waals surface area contributed by atoms with E-state index in [1.807, 2.05) is 54.3 Å². The number of benzene rings is 2. The van der Waals surface area contributed by atoms with Crippen molar-refractivity contribution < 1.29 is 17.9 Å². The number of para-hydroxylation sites is 3. The van der Waals surface area contributed by atoms with Gasteiger partial charge in [0.1, 0.15) is 5.75 Å². The first kappa shape index (κ1) is 22.9. The van der Waals surface area contributed by atoms with Gasteiger partial charge in [0.25, 0.3) is 0 Å². The summed E-state index contributed by atoms with van der Waals surface area (Å²) < 4.78 is 31.4. The Morgan fingerprint density at radius 2 is 1.68 bits per heavy atom. The smallest absolute Gasteiger partial charge is 0.232 e. The molecular weight excluding hydrogens is 414 g/mol. The average Bonchev–Trinajstić information content (AvgIpc) is 2.76. The Kier molecular flexibility index (Phi) is 7.43. The summed E-state index contributed by atoms with van der Waals surface area (Å²) in [4.78, 5) is 16.8. The summed E-state index contributed by atoms with van der Waals surface area (Å²) in [6.45, 7) is 4.95. The topological polar surface area (TPSA) is 70.2 Å². The Bertz CT molecular complexity index is 1000. The Morgan fingerprint density at radius 1 is 1.03 bits per heavy atom. The molecule has 0 aromatic heterocycles. The molecule has 1 heterocycles. The van der Waals surface area contributed by atoms with E-state index in [0.717, 1.165) is 30.1 Å². The molecular formula is C23H31N3O4S. The fraction of sp³-hybridized carbons (Fsp3) is 0.435. The Morgan fingerprint density at radius 3 is 2.32 bits per heavy atom. The number of amides is 1. The minimum atomic E-state index is -3.42. The number of rotatable bonds is 8. The number of methoxy groups -OCH3 is 1. The first-order chi connectivity index (χ1) is 14.8. The highest BCUT2D eigenvalue weighted by molar-refractivity contribution is 7.92. The maximum Gasteiger partial charge on any atom is 0.232 e. The van der Waals surface area contributed by atoms with Crippen molar-refractivity contribution in [2.75, 3.05) is 55.3 Å². The van der Waals surface area contributed by atoms with Crippen LogP contribution in [0, 0.1) is 6.92 Å². The molecule has 1 amide bonds. The van der Waals surface area contributed by atoms with Crippen LogP contribution >= 0.6 is 0 Å².